The molecule has 2 rings (SSSR count). The predicted octanol–water partition coefficient (Wildman–Crippen LogP) is 3.12. The van der Waals surface area contributed by atoms with E-state index in [1.54, 1.807) is 0 Å². The van der Waals surface area contributed by atoms with Crippen molar-refractivity contribution in [2.75, 3.05) is 0 Å². The summed E-state index contributed by atoms with van der Waals surface area (Å²) in [7, 11) is 0. The van der Waals surface area contributed by atoms with Crippen LogP contribution >= 0.6 is 11.6 Å². The van der Waals surface area contributed by atoms with Crippen molar-refractivity contribution < 1.29 is 0 Å². The van der Waals surface area contributed by atoms with Gasteiger partial charge in [-0.05, 0) is 36.0 Å². The van der Waals surface area contributed by atoms with Crippen molar-refractivity contribution in [3.63, 3.8) is 0 Å². The van der Waals surface area contributed by atoms with E-state index in [0.717, 1.165) is 19.3 Å². The van der Waals surface area contributed by atoms with Crippen LogP contribution in [0.25, 0.3) is 0 Å². The van der Waals surface area contributed by atoms with Crippen LogP contribution in [-0.4, -0.2) is 5.38 Å². The number of fused-ring (bicyclic) bond motifs is 1. The van der Waals surface area contributed by atoms with Crippen molar-refractivity contribution >= 4 is 11.6 Å². The van der Waals surface area contributed by atoms with Crippen molar-refractivity contribution in [2.24, 2.45) is 0 Å². The molecule has 0 spiro atoms. The van der Waals surface area contributed by atoms with Gasteiger partial charge in [0.1, 0.15) is 0 Å². The molecule has 0 fully saturated rings. The standard InChI is InChI=1S/C12H13Cl/c1-2-4-9-5-3-6-10-7-11(13)8-12(9)10/h2-3,5-6,11H,1,4,7-8H2. The maximum Gasteiger partial charge on any atom is 0.0417 e. The molecule has 1 heteroatoms. The van der Waals surface area contributed by atoms with Gasteiger partial charge in [-0.3, -0.25) is 0 Å². The Morgan fingerprint density at radius 2 is 2.31 bits per heavy atom. The normalized spacial score (nSPS) is 19.9. The minimum Gasteiger partial charge on any atom is -0.122 e. The molecule has 1 aromatic rings. The molecule has 0 aliphatic heterocycles. The second-order valence-electron chi connectivity index (χ2n) is 3.55. The van der Waals surface area contributed by atoms with Crippen LogP contribution in [0.4, 0.5) is 0 Å². The minimum atomic E-state index is 0.306. The SMILES string of the molecule is C=CCc1cccc2c1CC(Cl)C2. The van der Waals surface area contributed by atoms with Gasteiger partial charge in [0.25, 0.3) is 0 Å². The lowest BCUT2D eigenvalue weighted by atomic mass is 10.0. The highest BCUT2D eigenvalue weighted by Crippen LogP contribution is 2.28. The molecule has 0 radical (unpaired) electrons. The zero-order chi connectivity index (χ0) is 9.26. The molecular formula is C12H13Cl. The number of rotatable bonds is 2. The molecule has 13 heavy (non-hydrogen) atoms. The summed E-state index contributed by atoms with van der Waals surface area (Å²) in [4.78, 5) is 0. The highest BCUT2D eigenvalue weighted by atomic mass is 35.5. The molecule has 1 aliphatic carbocycles. The van der Waals surface area contributed by atoms with Gasteiger partial charge in [-0.25, -0.2) is 0 Å². The monoisotopic (exact) mass is 192 g/mol. The Hall–Kier alpha value is -0.750. The van der Waals surface area contributed by atoms with Crippen LogP contribution in [0.2, 0.25) is 0 Å². The van der Waals surface area contributed by atoms with Crippen LogP contribution < -0.4 is 0 Å². The van der Waals surface area contributed by atoms with Gasteiger partial charge >= 0.3 is 0 Å². The van der Waals surface area contributed by atoms with Gasteiger partial charge in [-0.1, -0.05) is 24.3 Å². The van der Waals surface area contributed by atoms with Gasteiger partial charge in [-0.2, -0.15) is 0 Å². The summed E-state index contributed by atoms with van der Waals surface area (Å²) < 4.78 is 0. The summed E-state index contributed by atoms with van der Waals surface area (Å²) in [6.45, 7) is 3.77. The molecule has 0 aromatic heterocycles. The van der Waals surface area contributed by atoms with Crippen molar-refractivity contribution in [1.82, 2.24) is 0 Å². The maximum atomic E-state index is 6.12. The van der Waals surface area contributed by atoms with Crippen molar-refractivity contribution in [3.05, 3.63) is 47.5 Å². The summed E-state index contributed by atoms with van der Waals surface area (Å²) in [6.07, 6.45) is 4.98. The molecule has 1 aliphatic rings. The molecule has 0 bridgehead atoms. The van der Waals surface area contributed by atoms with Crippen LogP contribution in [0, 0.1) is 0 Å². The minimum absolute atomic E-state index is 0.306. The first-order valence-electron chi connectivity index (χ1n) is 4.66. The van der Waals surface area contributed by atoms with Crippen molar-refractivity contribution in [2.45, 2.75) is 24.6 Å². The van der Waals surface area contributed by atoms with Crippen molar-refractivity contribution in [3.8, 4) is 0 Å². The molecule has 0 saturated carbocycles. The summed E-state index contributed by atoms with van der Waals surface area (Å²) in [5.41, 5.74) is 4.29. The first-order valence-corrected chi connectivity index (χ1v) is 5.09. The van der Waals surface area contributed by atoms with Gasteiger partial charge in [0.05, 0.1) is 0 Å². The summed E-state index contributed by atoms with van der Waals surface area (Å²) >= 11 is 6.12. The van der Waals surface area contributed by atoms with Crippen LogP contribution in [0.3, 0.4) is 0 Å². The van der Waals surface area contributed by atoms with E-state index in [0.29, 0.717) is 5.38 Å². The largest absolute Gasteiger partial charge is 0.122 e. The molecular weight excluding hydrogens is 180 g/mol. The third-order valence-corrected chi connectivity index (χ3v) is 2.91. The van der Waals surface area contributed by atoms with Crippen LogP contribution in [-0.2, 0) is 19.3 Å². The number of benzene rings is 1. The Kier molecular flexibility index (Phi) is 2.41. The molecule has 1 aromatic carbocycles. The quantitative estimate of drug-likeness (QED) is 0.499. The van der Waals surface area contributed by atoms with Gasteiger partial charge in [0.15, 0.2) is 0 Å². The van der Waals surface area contributed by atoms with E-state index >= 15 is 0 Å². The number of halogens is 1. The van der Waals surface area contributed by atoms with Crippen LogP contribution in [0.1, 0.15) is 16.7 Å². The lowest BCUT2D eigenvalue weighted by Gasteiger charge is -2.04. The molecule has 0 heterocycles. The van der Waals surface area contributed by atoms with E-state index in [-0.39, 0.29) is 0 Å². The van der Waals surface area contributed by atoms with Crippen LogP contribution in [0.5, 0.6) is 0 Å². The Balaban J connectivity index is 2.39. The fourth-order valence-electron chi connectivity index (χ4n) is 2.02. The average Bonchev–Trinajstić information content (AvgIpc) is 2.47. The lowest BCUT2D eigenvalue weighted by Crippen LogP contribution is -1.95. The van der Waals surface area contributed by atoms with E-state index in [4.69, 9.17) is 11.6 Å². The topological polar surface area (TPSA) is 0 Å². The fraction of sp³-hybridized carbons (Fsp3) is 0.333. The second kappa shape index (κ2) is 3.55. The van der Waals surface area contributed by atoms with E-state index in [1.165, 1.54) is 16.7 Å². The predicted molar refractivity (Wildman–Crippen MR) is 57.4 cm³/mol. The molecule has 0 saturated heterocycles. The zero-order valence-electron chi connectivity index (χ0n) is 7.59. The van der Waals surface area contributed by atoms with E-state index in [9.17, 15) is 0 Å². The van der Waals surface area contributed by atoms with Gasteiger partial charge < -0.3 is 0 Å². The Labute approximate surface area is 84.2 Å². The summed E-state index contributed by atoms with van der Waals surface area (Å²) in [5, 5.41) is 0.306. The first-order chi connectivity index (χ1) is 6.31. The van der Waals surface area contributed by atoms with E-state index in [2.05, 4.69) is 24.8 Å². The summed E-state index contributed by atoms with van der Waals surface area (Å²) in [6, 6.07) is 6.48. The Morgan fingerprint density at radius 3 is 3.08 bits per heavy atom. The van der Waals surface area contributed by atoms with Crippen molar-refractivity contribution in [1.29, 1.82) is 0 Å². The highest BCUT2D eigenvalue weighted by molar-refractivity contribution is 6.21. The Bertz CT molecular complexity index is 328. The lowest BCUT2D eigenvalue weighted by molar-refractivity contribution is 0.918. The second-order valence-corrected chi connectivity index (χ2v) is 4.17. The number of hydrogen-bond acceptors (Lipinski definition) is 0. The first kappa shape index (κ1) is 8.83. The average molecular weight is 193 g/mol. The van der Waals surface area contributed by atoms with Gasteiger partial charge in [0, 0.05) is 5.38 Å². The molecule has 1 atom stereocenters. The molecule has 1 unspecified atom stereocenters. The molecule has 0 nitrogen and oxygen atoms in total. The summed E-state index contributed by atoms with van der Waals surface area (Å²) in [5.74, 6) is 0. The maximum absolute atomic E-state index is 6.12. The third-order valence-electron chi connectivity index (χ3n) is 2.60. The Morgan fingerprint density at radius 1 is 1.46 bits per heavy atom. The van der Waals surface area contributed by atoms with Crippen LogP contribution in [0.15, 0.2) is 30.9 Å². The highest BCUT2D eigenvalue weighted by Gasteiger charge is 2.20. The van der Waals surface area contributed by atoms with E-state index in [1.807, 2.05) is 6.08 Å². The molecule has 0 amide bonds. The fourth-order valence-corrected chi connectivity index (χ4v) is 2.34. The number of hydrogen-bond donors (Lipinski definition) is 0. The van der Waals surface area contributed by atoms with Gasteiger partial charge in [-0.15, -0.1) is 18.2 Å². The number of allylic oxidation sites excluding steroid dienone is 1. The molecule has 68 valence electrons. The number of alkyl halides is 1. The third kappa shape index (κ3) is 1.64. The zero-order valence-corrected chi connectivity index (χ0v) is 8.35. The molecule has 0 N–H and O–H groups in total. The smallest absolute Gasteiger partial charge is 0.0417 e. The van der Waals surface area contributed by atoms with E-state index < -0.39 is 0 Å². The van der Waals surface area contributed by atoms with Gasteiger partial charge in [0.2, 0.25) is 0 Å².